The number of nitrogens with one attached hydrogen (secondary N) is 1. The molecule has 7 nitrogen and oxygen atoms in total. The lowest BCUT2D eigenvalue weighted by Crippen LogP contribution is -2.47. The summed E-state index contributed by atoms with van der Waals surface area (Å²) in [7, 11) is 0. The Bertz CT molecular complexity index is 1190. The summed E-state index contributed by atoms with van der Waals surface area (Å²) < 4.78 is 70.7. The number of carbonyl (C=O) groups excluding carboxylic acids is 1. The van der Waals surface area contributed by atoms with Gasteiger partial charge in [0.1, 0.15) is 0 Å². The molecule has 1 amide bonds. The maximum Gasteiger partial charge on any atom is 0.417 e. The number of carboxylic acids is 1. The molecule has 1 unspecified atom stereocenters. The smallest absolute Gasteiger partial charge is 0.417 e. The van der Waals surface area contributed by atoms with Crippen LogP contribution in [0.5, 0.6) is 0 Å². The fourth-order valence-electron chi connectivity index (χ4n) is 5.78. The minimum Gasteiger partial charge on any atom is -0.481 e. The van der Waals surface area contributed by atoms with E-state index in [0.717, 1.165) is 31.7 Å². The van der Waals surface area contributed by atoms with Crippen LogP contribution < -0.4 is 5.32 Å². The number of piperidine rings is 1. The zero-order chi connectivity index (χ0) is 29.1. The van der Waals surface area contributed by atoms with E-state index < -0.39 is 35.6 Å². The molecule has 0 spiro atoms. The van der Waals surface area contributed by atoms with Gasteiger partial charge in [-0.15, -0.1) is 0 Å². The average molecular weight is 571 g/mol. The van der Waals surface area contributed by atoms with Gasteiger partial charge in [0.15, 0.2) is 5.69 Å². The van der Waals surface area contributed by atoms with E-state index in [1.807, 2.05) is 0 Å². The van der Waals surface area contributed by atoms with Gasteiger partial charge >= 0.3 is 12.1 Å². The SMILES string of the molecule is CC(CC[C@@H](CC(=O)O)NC(=O)c1cc(-c2ccccc2C(F)(F)F)n(C2CCCC2)n1)N1CCCC(F)(F)C1. The van der Waals surface area contributed by atoms with E-state index in [0.29, 0.717) is 19.4 Å². The minimum absolute atomic E-state index is 0.0808. The first kappa shape index (κ1) is 30.0. The molecule has 1 aliphatic carbocycles. The normalized spacial score (nSPS) is 19.9. The summed E-state index contributed by atoms with van der Waals surface area (Å²) >= 11 is 0. The number of halogens is 5. The Morgan fingerprint density at radius 3 is 2.50 bits per heavy atom. The molecule has 1 aliphatic heterocycles. The summed E-state index contributed by atoms with van der Waals surface area (Å²) in [5.74, 6) is -4.59. The van der Waals surface area contributed by atoms with Crippen LogP contribution in [0.25, 0.3) is 11.3 Å². The molecule has 12 heteroatoms. The molecule has 0 bridgehead atoms. The quantitative estimate of drug-likeness (QED) is 0.334. The highest BCUT2D eigenvalue weighted by Crippen LogP contribution is 2.40. The van der Waals surface area contributed by atoms with Crippen molar-refractivity contribution in [3.05, 3.63) is 41.6 Å². The van der Waals surface area contributed by atoms with Crippen molar-refractivity contribution in [2.45, 2.75) is 94.9 Å². The lowest BCUT2D eigenvalue weighted by molar-refractivity contribution is -0.138. The van der Waals surface area contributed by atoms with E-state index >= 15 is 0 Å². The number of carboxylic acid groups (broad SMARTS) is 1. The van der Waals surface area contributed by atoms with Crippen molar-refractivity contribution >= 4 is 11.9 Å². The summed E-state index contributed by atoms with van der Waals surface area (Å²) in [6, 6.07) is 5.27. The van der Waals surface area contributed by atoms with Gasteiger partial charge in [0, 0.05) is 24.1 Å². The molecule has 2 fully saturated rings. The van der Waals surface area contributed by atoms with Crippen LogP contribution >= 0.6 is 0 Å². The standard InChI is InChI=1S/C28H35F5N4O3/c1-18(36-14-6-13-27(29,30)17-36)11-12-19(15-25(38)39)34-26(40)23-16-24(37(35-23)20-7-2-3-8-20)21-9-4-5-10-22(21)28(31,32)33/h4-5,9-10,16,18-20H,2-3,6-8,11-15,17H2,1H3,(H,34,40)(H,38,39)/t18?,19-/m0/s1. The Labute approximate surface area is 229 Å². The third-order valence-corrected chi connectivity index (χ3v) is 7.88. The predicted molar refractivity (Wildman–Crippen MR) is 138 cm³/mol. The van der Waals surface area contributed by atoms with Gasteiger partial charge in [0.2, 0.25) is 0 Å². The molecule has 2 N–H and O–H groups in total. The third kappa shape index (κ3) is 7.38. The van der Waals surface area contributed by atoms with Gasteiger partial charge in [-0.1, -0.05) is 31.0 Å². The van der Waals surface area contributed by atoms with Crippen LogP contribution in [0.1, 0.15) is 86.8 Å². The van der Waals surface area contributed by atoms with Crippen molar-refractivity contribution in [1.29, 1.82) is 0 Å². The lowest BCUT2D eigenvalue weighted by atomic mass is 10.00. The number of alkyl halides is 5. The molecule has 2 atom stereocenters. The van der Waals surface area contributed by atoms with E-state index in [1.165, 1.54) is 28.9 Å². The number of rotatable bonds is 10. The Hall–Kier alpha value is -3.02. The van der Waals surface area contributed by atoms with Crippen molar-refractivity contribution in [2.24, 2.45) is 0 Å². The largest absolute Gasteiger partial charge is 0.481 e. The van der Waals surface area contributed by atoms with Crippen LogP contribution in [-0.2, 0) is 11.0 Å². The number of nitrogens with zero attached hydrogens (tertiary/aromatic N) is 3. The molecular weight excluding hydrogens is 535 g/mol. The van der Waals surface area contributed by atoms with Crippen molar-refractivity contribution in [3.63, 3.8) is 0 Å². The van der Waals surface area contributed by atoms with Crippen LogP contribution in [0.15, 0.2) is 30.3 Å². The summed E-state index contributed by atoms with van der Waals surface area (Å²) in [5.41, 5.74) is -0.831. The van der Waals surface area contributed by atoms with Crippen LogP contribution in [0, 0.1) is 0 Å². The highest BCUT2D eigenvalue weighted by Gasteiger charge is 2.37. The molecule has 4 rings (SSSR count). The van der Waals surface area contributed by atoms with Crippen LogP contribution in [0.4, 0.5) is 22.0 Å². The molecule has 1 aromatic heterocycles. The molecule has 0 radical (unpaired) electrons. The zero-order valence-electron chi connectivity index (χ0n) is 22.4. The van der Waals surface area contributed by atoms with Crippen LogP contribution in [-0.4, -0.2) is 62.8 Å². The second kappa shape index (κ2) is 12.2. The topological polar surface area (TPSA) is 87.5 Å². The van der Waals surface area contributed by atoms with Gasteiger partial charge < -0.3 is 10.4 Å². The first-order valence-electron chi connectivity index (χ1n) is 13.7. The summed E-state index contributed by atoms with van der Waals surface area (Å²) in [5, 5.41) is 16.5. The van der Waals surface area contributed by atoms with Crippen molar-refractivity contribution in [1.82, 2.24) is 20.0 Å². The maximum absolute atomic E-state index is 13.9. The van der Waals surface area contributed by atoms with Gasteiger partial charge in [-0.05, 0) is 57.7 Å². The van der Waals surface area contributed by atoms with Gasteiger partial charge in [-0.25, -0.2) is 8.78 Å². The fourth-order valence-corrected chi connectivity index (χ4v) is 5.78. The highest BCUT2D eigenvalue weighted by atomic mass is 19.4. The minimum atomic E-state index is -4.61. The summed E-state index contributed by atoms with van der Waals surface area (Å²) in [4.78, 5) is 26.4. The first-order chi connectivity index (χ1) is 18.8. The number of carbonyl (C=O) groups is 2. The molecular formula is C28H35F5N4O3. The second-order valence-corrected chi connectivity index (χ2v) is 11.0. The molecule has 2 heterocycles. The fraction of sp³-hybridized carbons (Fsp3) is 0.607. The predicted octanol–water partition coefficient (Wildman–Crippen LogP) is 6.16. The van der Waals surface area contributed by atoms with E-state index in [-0.39, 0.29) is 54.8 Å². The Balaban J connectivity index is 1.54. The molecule has 2 aliphatic rings. The lowest BCUT2D eigenvalue weighted by Gasteiger charge is -2.37. The zero-order valence-corrected chi connectivity index (χ0v) is 22.4. The number of hydrogen-bond acceptors (Lipinski definition) is 4. The van der Waals surface area contributed by atoms with E-state index in [4.69, 9.17) is 0 Å². The summed E-state index contributed by atoms with van der Waals surface area (Å²) in [6.45, 7) is 1.97. The summed E-state index contributed by atoms with van der Waals surface area (Å²) in [6.07, 6.45) is -0.927. The molecule has 220 valence electrons. The van der Waals surface area contributed by atoms with E-state index in [9.17, 15) is 36.6 Å². The number of aromatic nitrogens is 2. The van der Waals surface area contributed by atoms with Crippen LogP contribution in [0.2, 0.25) is 0 Å². The number of benzene rings is 1. The second-order valence-electron chi connectivity index (χ2n) is 11.0. The number of likely N-dealkylation sites (tertiary alicyclic amines) is 1. The van der Waals surface area contributed by atoms with E-state index in [1.54, 1.807) is 11.8 Å². The van der Waals surface area contributed by atoms with E-state index in [2.05, 4.69) is 10.4 Å². The van der Waals surface area contributed by atoms with Crippen molar-refractivity contribution < 1.29 is 36.6 Å². The van der Waals surface area contributed by atoms with Gasteiger partial charge in [0.05, 0.1) is 30.3 Å². The highest BCUT2D eigenvalue weighted by molar-refractivity contribution is 5.94. The number of aliphatic carboxylic acids is 1. The van der Waals surface area contributed by atoms with Crippen molar-refractivity contribution in [2.75, 3.05) is 13.1 Å². The molecule has 2 aromatic rings. The van der Waals surface area contributed by atoms with Gasteiger partial charge in [-0.2, -0.15) is 18.3 Å². The van der Waals surface area contributed by atoms with Crippen molar-refractivity contribution in [3.8, 4) is 11.3 Å². The first-order valence-corrected chi connectivity index (χ1v) is 13.7. The average Bonchev–Trinajstić information content (AvgIpc) is 3.56. The van der Waals surface area contributed by atoms with Gasteiger partial charge in [0.25, 0.3) is 11.8 Å². The maximum atomic E-state index is 13.9. The van der Waals surface area contributed by atoms with Gasteiger partial charge in [-0.3, -0.25) is 19.2 Å². The van der Waals surface area contributed by atoms with Crippen LogP contribution in [0.3, 0.4) is 0 Å². The Kier molecular flexibility index (Phi) is 9.16. The number of hydrogen-bond donors (Lipinski definition) is 2. The number of amides is 1. The molecule has 40 heavy (non-hydrogen) atoms. The molecule has 1 saturated carbocycles. The Morgan fingerprint density at radius 1 is 1.15 bits per heavy atom. The molecule has 1 saturated heterocycles. The monoisotopic (exact) mass is 570 g/mol. The Morgan fingerprint density at radius 2 is 1.85 bits per heavy atom. The third-order valence-electron chi connectivity index (χ3n) is 7.88. The molecule has 1 aromatic carbocycles.